The lowest BCUT2D eigenvalue weighted by Gasteiger charge is -2.35. The molecular formula is C30H27N3O7S2. The minimum atomic E-state index is -1.84. The fourth-order valence-electron chi connectivity index (χ4n) is 5.54. The zero-order valence-corrected chi connectivity index (χ0v) is 24.5. The summed E-state index contributed by atoms with van der Waals surface area (Å²) in [7, 11) is 2.92. The van der Waals surface area contributed by atoms with Gasteiger partial charge in [-0.05, 0) is 65.6 Å². The van der Waals surface area contributed by atoms with E-state index in [0.29, 0.717) is 35.6 Å². The Morgan fingerprint density at radius 1 is 1.17 bits per heavy atom. The Hall–Kier alpha value is -4.03. The summed E-state index contributed by atoms with van der Waals surface area (Å²) in [5.74, 6) is -0.146. The molecule has 0 aliphatic carbocycles. The molecule has 4 aromatic rings. The highest BCUT2D eigenvalue weighted by Gasteiger charge is 2.51. The molecule has 1 aromatic carbocycles. The van der Waals surface area contributed by atoms with Gasteiger partial charge in [-0.3, -0.25) is 4.79 Å². The molecule has 5 heterocycles. The van der Waals surface area contributed by atoms with Crippen LogP contribution in [0.5, 0.6) is 5.75 Å². The standard InChI is InChI=1S/C30H27N3O7S2/c1-3-18-19-13-17(34)8-9-23(19)32-26-20(18)15-33-24(26)14-22-21(27(33)35)16-39-28(36)30(22,4-2)40-29(37)38-11-12-41-42-25-7-5-6-10-31-25/h5-10,13-14,34H,3-4,11-12,15-16H2,1-2H3/t30-/m0/s1. The molecule has 2 aliphatic heterocycles. The molecule has 0 spiro atoms. The Labute approximate surface area is 248 Å². The van der Waals surface area contributed by atoms with Crippen LogP contribution in [0.3, 0.4) is 0 Å². The van der Waals surface area contributed by atoms with Gasteiger partial charge >= 0.3 is 12.1 Å². The van der Waals surface area contributed by atoms with Crippen LogP contribution in [0, 0.1) is 0 Å². The van der Waals surface area contributed by atoms with Gasteiger partial charge in [-0.15, -0.1) is 0 Å². The summed E-state index contributed by atoms with van der Waals surface area (Å²) in [4.78, 5) is 48.9. The van der Waals surface area contributed by atoms with Gasteiger partial charge in [0.1, 0.15) is 24.0 Å². The Bertz CT molecular complexity index is 1780. The predicted octanol–water partition coefficient (Wildman–Crippen LogP) is 5.34. The SMILES string of the molecule is CCc1c2c(nc3ccc(O)cc13)-c1cc3c(c(=O)n1C2)COC(=O)[C@@]3(CC)OC(=O)OCCSSc1ccccn1. The molecule has 0 fully saturated rings. The van der Waals surface area contributed by atoms with Gasteiger partial charge < -0.3 is 23.9 Å². The number of fused-ring (bicyclic) bond motifs is 5. The molecule has 1 atom stereocenters. The fraction of sp³-hybridized carbons (Fsp3) is 0.300. The molecule has 42 heavy (non-hydrogen) atoms. The largest absolute Gasteiger partial charge is 0.509 e. The van der Waals surface area contributed by atoms with Crippen molar-refractivity contribution in [2.75, 3.05) is 12.4 Å². The van der Waals surface area contributed by atoms with Crippen LogP contribution in [-0.4, -0.2) is 44.1 Å². The predicted molar refractivity (Wildman–Crippen MR) is 158 cm³/mol. The summed E-state index contributed by atoms with van der Waals surface area (Å²) in [6.07, 6.45) is 1.39. The van der Waals surface area contributed by atoms with Crippen molar-refractivity contribution in [3.05, 3.63) is 81.3 Å². The van der Waals surface area contributed by atoms with Crippen molar-refractivity contribution in [3.63, 3.8) is 0 Å². The molecule has 6 rings (SSSR count). The molecule has 0 saturated heterocycles. The average molecular weight is 606 g/mol. The highest BCUT2D eigenvalue weighted by atomic mass is 33.1. The van der Waals surface area contributed by atoms with Gasteiger partial charge in [-0.1, -0.05) is 30.7 Å². The summed E-state index contributed by atoms with van der Waals surface area (Å²) in [5, 5.41) is 11.7. The first kappa shape index (κ1) is 28.1. The highest BCUT2D eigenvalue weighted by molar-refractivity contribution is 8.76. The number of phenolic OH excluding ortho intramolecular Hbond substituents is 1. The number of esters is 1. The van der Waals surface area contributed by atoms with Gasteiger partial charge in [0.2, 0.25) is 5.60 Å². The minimum Gasteiger partial charge on any atom is -0.508 e. The van der Waals surface area contributed by atoms with Crippen LogP contribution in [-0.2, 0) is 44.2 Å². The second kappa shape index (κ2) is 11.3. The lowest BCUT2D eigenvalue weighted by Crippen LogP contribution is -2.47. The molecule has 2 aliphatic rings. The molecule has 0 amide bonds. The Kier molecular flexibility index (Phi) is 7.58. The number of cyclic esters (lactones) is 1. The summed E-state index contributed by atoms with van der Waals surface area (Å²) in [6.45, 7) is 3.82. The zero-order chi connectivity index (χ0) is 29.4. The maximum absolute atomic E-state index is 13.8. The van der Waals surface area contributed by atoms with E-state index in [4.69, 9.17) is 19.2 Å². The molecule has 12 heteroatoms. The lowest BCUT2D eigenvalue weighted by molar-refractivity contribution is -0.175. The molecule has 0 radical (unpaired) electrons. The molecule has 1 N–H and O–H groups in total. The number of ether oxygens (including phenoxy) is 3. The fourth-order valence-corrected chi connectivity index (χ4v) is 7.25. The van der Waals surface area contributed by atoms with Crippen LogP contribution in [0.4, 0.5) is 4.79 Å². The van der Waals surface area contributed by atoms with Crippen LogP contribution in [0.15, 0.2) is 58.5 Å². The number of benzene rings is 1. The second-order valence-corrected chi connectivity index (χ2v) is 12.3. The van der Waals surface area contributed by atoms with Gasteiger partial charge in [0, 0.05) is 28.5 Å². The van der Waals surface area contributed by atoms with E-state index in [9.17, 15) is 19.5 Å². The van der Waals surface area contributed by atoms with Gasteiger partial charge in [0.15, 0.2) is 0 Å². The molecule has 0 unspecified atom stereocenters. The van der Waals surface area contributed by atoms with E-state index in [1.54, 1.807) is 42.0 Å². The third-order valence-electron chi connectivity index (χ3n) is 7.54. The summed E-state index contributed by atoms with van der Waals surface area (Å²) < 4.78 is 18.0. The van der Waals surface area contributed by atoms with E-state index in [1.165, 1.54) is 21.6 Å². The lowest BCUT2D eigenvalue weighted by atomic mass is 9.85. The molecular weight excluding hydrogens is 578 g/mol. The monoisotopic (exact) mass is 605 g/mol. The maximum Gasteiger partial charge on any atom is 0.509 e. The number of carbonyl (C=O) groups excluding carboxylic acids is 2. The van der Waals surface area contributed by atoms with Crippen LogP contribution >= 0.6 is 21.6 Å². The summed E-state index contributed by atoms with van der Waals surface area (Å²) in [5.41, 5.74) is 2.07. The van der Waals surface area contributed by atoms with Crippen molar-refractivity contribution >= 4 is 44.6 Å². The van der Waals surface area contributed by atoms with Gasteiger partial charge in [-0.2, -0.15) is 0 Å². The van der Waals surface area contributed by atoms with Crippen molar-refractivity contribution in [2.45, 2.75) is 50.5 Å². The van der Waals surface area contributed by atoms with Crippen LogP contribution in [0.25, 0.3) is 22.3 Å². The molecule has 216 valence electrons. The van der Waals surface area contributed by atoms with E-state index in [1.807, 2.05) is 25.1 Å². The first-order valence-corrected chi connectivity index (χ1v) is 15.8. The normalized spacial score (nSPS) is 16.9. The van der Waals surface area contributed by atoms with Crippen LogP contribution < -0.4 is 5.56 Å². The van der Waals surface area contributed by atoms with E-state index >= 15 is 0 Å². The first-order valence-electron chi connectivity index (χ1n) is 13.5. The van der Waals surface area contributed by atoms with Crippen molar-refractivity contribution < 1.29 is 28.9 Å². The van der Waals surface area contributed by atoms with E-state index < -0.39 is 17.7 Å². The number of phenols is 1. The van der Waals surface area contributed by atoms with E-state index in [-0.39, 0.29) is 42.1 Å². The second-order valence-electron chi connectivity index (χ2n) is 9.82. The molecule has 10 nitrogen and oxygen atoms in total. The number of pyridine rings is 3. The summed E-state index contributed by atoms with van der Waals surface area (Å²) >= 11 is 0. The van der Waals surface area contributed by atoms with E-state index in [0.717, 1.165) is 21.5 Å². The maximum atomic E-state index is 13.8. The number of hydrogen-bond donors (Lipinski definition) is 1. The number of rotatable bonds is 8. The Morgan fingerprint density at radius 2 is 2.02 bits per heavy atom. The van der Waals surface area contributed by atoms with Crippen molar-refractivity contribution in [3.8, 4) is 17.1 Å². The van der Waals surface area contributed by atoms with Crippen molar-refractivity contribution in [1.82, 2.24) is 14.5 Å². The van der Waals surface area contributed by atoms with Crippen molar-refractivity contribution in [1.29, 1.82) is 0 Å². The van der Waals surface area contributed by atoms with Gasteiger partial charge in [-0.25, -0.2) is 19.6 Å². The summed E-state index contributed by atoms with van der Waals surface area (Å²) in [6, 6.07) is 12.3. The van der Waals surface area contributed by atoms with Crippen molar-refractivity contribution in [2.24, 2.45) is 0 Å². The quantitative estimate of drug-likeness (QED) is 0.140. The topological polar surface area (TPSA) is 130 Å². The number of carbonyl (C=O) groups is 2. The van der Waals surface area contributed by atoms with Crippen LogP contribution in [0.2, 0.25) is 0 Å². The van der Waals surface area contributed by atoms with Gasteiger partial charge in [0.05, 0.1) is 29.0 Å². The highest BCUT2D eigenvalue weighted by Crippen LogP contribution is 2.42. The minimum absolute atomic E-state index is 0.0403. The number of aromatic hydroxyl groups is 1. The molecule has 3 aromatic heterocycles. The zero-order valence-electron chi connectivity index (χ0n) is 22.9. The number of hydrogen-bond acceptors (Lipinski definition) is 11. The van der Waals surface area contributed by atoms with E-state index in [2.05, 4.69) is 4.98 Å². The number of aryl methyl sites for hydroxylation is 1. The Balaban J connectivity index is 1.30. The third kappa shape index (κ3) is 4.78. The Morgan fingerprint density at radius 3 is 2.79 bits per heavy atom. The molecule has 0 saturated carbocycles. The average Bonchev–Trinajstić information content (AvgIpc) is 3.36. The number of nitrogens with zero attached hydrogens (tertiary/aromatic N) is 3. The third-order valence-corrected chi connectivity index (χ3v) is 9.77. The van der Waals surface area contributed by atoms with Crippen LogP contribution in [0.1, 0.15) is 42.5 Å². The van der Waals surface area contributed by atoms with Gasteiger partial charge in [0.25, 0.3) is 5.56 Å². The first-order chi connectivity index (χ1) is 20.4. The molecule has 0 bridgehead atoms. The smallest absolute Gasteiger partial charge is 0.508 e. The number of aromatic nitrogens is 3.